The van der Waals surface area contributed by atoms with Gasteiger partial charge in [0.2, 0.25) is 0 Å². The van der Waals surface area contributed by atoms with Gasteiger partial charge in [-0.15, -0.1) is 0 Å². The third kappa shape index (κ3) is 1.22. The van der Waals surface area contributed by atoms with Gasteiger partial charge in [0.15, 0.2) is 0 Å². The number of hydrogen-bond acceptors (Lipinski definition) is 0. The van der Waals surface area contributed by atoms with Gasteiger partial charge in [0.05, 0.1) is 0 Å². The maximum absolute atomic E-state index is 2.31. The highest BCUT2D eigenvalue weighted by Gasteiger charge is 2.04. The molecule has 0 bridgehead atoms. The van der Waals surface area contributed by atoms with Gasteiger partial charge in [-0.2, -0.15) is 0 Å². The largest absolute Gasteiger partial charge is 0.0870 e. The summed E-state index contributed by atoms with van der Waals surface area (Å²) in [4.78, 5) is 0. The molecule has 0 saturated carbocycles. The summed E-state index contributed by atoms with van der Waals surface area (Å²) in [5.41, 5.74) is 1.43. The Morgan fingerprint density at radius 2 is 2.25 bits per heavy atom. The lowest BCUT2D eigenvalue weighted by Gasteiger charge is -2.12. The average Bonchev–Trinajstić information content (AvgIpc) is 1.55. The molecule has 0 fully saturated rings. The summed E-state index contributed by atoms with van der Waals surface area (Å²) in [6.45, 7) is 4.29. The first-order chi connectivity index (χ1) is 3.79. The van der Waals surface area contributed by atoms with Gasteiger partial charge in [0, 0.05) is 0 Å². The van der Waals surface area contributed by atoms with Crippen molar-refractivity contribution < 1.29 is 0 Å². The Labute approximate surface area is 50.9 Å². The zero-order chi connectivity index (χ0) is 5.98. The van der Waals surface area contributed by atoms with Crippen LogP contribution in [0, 0.1) is 5.92 Å². The highest BCUT2D eigenvalue weighted by Crippen LogP contribution is 2.18. The van der Waals surface area contributed by atoms with E-state index in [0.717, 1.165) is 5.92 Å². The summed E-state index contributed by atoms with van der Waals surface area (Å²) >= 11 is 0. The molecule has 44 valence electrons. The van der Waals surface area contributed by atoms with Crippen LogP contribution in [0.5, 0.6) is 0 Å². The molecule has 1 aliphatic rings. The van der Waals surface area contributed by atoms with Crippen LogP contribution in [-0.4, -0.2) is 0 Å². The fourth-order valence-corrected chi connectivity index (χ4v) is 0.845. The maximum Gasteiger partial charge on any atom is -0.00165 e. The van der Waals surface area contributed by atoms with Crippen molar-refractivity contribution in [1.29, 1.82) is 0 Å². The lowest BCUT2D eigenvalue weighted by molar-refractivity contribution is 0.753. The lowest BCUT2D eigenvalue weighted by atomic mass is 9.94. The molecule has 0 amide bonds. The van der Waals surface area contributed by atoms with Crippen molar-refractivity contribution in [3.05, 3.63) is 23.8 Å². The highest BCUT2D eigenvalue weighted by atomic mass is 14.1. The molecular formula is C8H12. The minimum atomic E-state index is 0.764. The van der Waals surface area contributed by atoms with E-state index in [0.29, 0.717) is 0 Å². The monoisotopic (exact) mass is 108 g/mol. The first-order valence-electron chi connectivity index (χ1n) is 3.11. The molecule has 0 aromatic carbocycles. The molecule has 0 aromatic heterocycles. The fraction of sp³-hybridized carbons (Fsp3) is 0.500. The summed E-state index contributed by atoms with van der Waals surface area (Å²) < 4.78 is 0. The SMILES string of the molecule is CC(C)=CC1C=CC1. The second kappa shape index (κ2) is 2.17. The fourth-order valence-electron chi connectivity index (χ4n) is 0.845. The average molecular weight is 108 g/mol. The normalized spacial score (nSPS) is 24.5. The van der Waals surface area contributed by atoms with Crippen LogP contribution >= 0.6 is 0 Å². The van der Waals surface area contributed by atoms with Crippen LogP contribution in [-0.2, 0) is 0 Å². The third-order valence-electron chi connectivity index (χ3n) is 1.34. The van der Waals surface area contributed by atoms with E-state index >= 15 is 0 Å². The van der Waals surface area contributed by atoms with Gasteiger partial charge < -0.3 is 0 Å². The Hall–Kier alpha value is -0.520. The first kappa shape index (κ1) is 5.61. The molecule has 0 aliphatic heterocycles. The quantitative estimate of drug-likeness (QED) is 0.453. The van der Waals surface area contributed by atoms with Crippen LogP contribution in [0.3, 0.4) is 0 Å². The number of hydrogen-bond donors (Lipinski definition) is 0. The van der Waals surface area contributed by atoms with Crippen molar-refractivity contribution in [3.63, 3.8) is 0 Å². The molecule has 1 aliphatic carbocycles. The van der Waals surface area contributed by atoms with Gasteiger partial charge in [-0.3, -0.25) is 0 Å². The molecular weight excluding hydrogens is 96.1 g/mol. The van der Waals surface area contributed by atoms with Crippen LogP contribution in [0.1, 0.15) is 20.3 Å². The Kier molecular flexibility index (Phi) is 1.52. The van der Waals surface area contributed by atoms with Crippen molar-refractivity contribution in [2.75, 3.05) is 0 Å². The smallest absolute Gasteiger partial charge is 0.00165 e. The second-order valence-electron chi connectivity index (χ2n) is 2.57. The van der Waals surface area contributed by atoms with Crippen LogP contribution < -0.4 is 0 Å². The highest BCUT2D eigenvalue weighted by molar-refractivity contribution is 5.13. The third-order valence-corrected chi connectivity index (χ3v) is 1.34. The van der Waals surface area contributed by atoms with Gasteiger partial charge in [0.1, 0.15) is 0 Å². The van der Waals surface area contributed by atoms with Gasteiger partial charge in [-0.05, 0) is 26.2 Å². The van der Waals surface area contributed by atoms with Crippen molar-refractivity contribution >= 4 is 0 Å². The number of rotatable bonds is 1. The van der Waals surface area contributed by atoms with Gasteiger partial charge in [-0.1, -0.05) is 23.8 Å². The lowest BCUT2D eigenvalue weighted by Crippen LogP contribution is -1.98. The molecule has 0 radical (unpaired) electrons. The maximum atomic E-state index is 2.31. The number of allylic oxidation sites excluding steroid dienone is 4. The van der Waals surface area contributed by atoms with Crippen LogP contribution in [0.4, 0.5) is 0 Å². The molecule has 1 rings (SSSR count). The Balaban J connectivity index is 2.40. The predicted molar refractivity (Wildman–Crippen MR) is 36.7 cm³/mol. The summed E-state index contributed by atoms with van der Waals surface area (Å²) in [5.74, 6) is 0.764. The summed E-state index contributed by atoms with van der Waals surface area (Å²) in [6.07, 6.45) is 8.02. The van der Waals surface area contributed by atoms with Crippen molar-refractivity contribution in [2.45, 2.75) is 20.3 Å². The van der Waals surface area contributed by atoms with E-state index in [1.54, 1.807) is 0 Å². The molecule has 0 nitrogen and oxygen atoms in total. The van der Waals surface area contributed by atoms with E-state index in [4.69, 9.17) is 0 Å². The second-order valence-corrected chi connectivity index (χ2v) is 2.57. The molecule has 1 unspecified atom stereocenters. The predicted octanol–water partition coefficient (Wildman–Crippen LogP) is 2.53. The molecule has 0 saturated heterocycles. The molecule has 0 spiro atoms. The first-order valence-corrected chi connectivity index (χ1v) is 3.11. The summed E-state index contributed by atoms with van der Waals surface area (Å²) in [6, 6.07) is 0. The van der Waals surface area contributed by atoms with E-state index in [2.05, 4.69) is 32.1 Å². The van der Waals surface area contributed by atoms with Crippen molar-refractivity contribution in [3.8, 4) is 0 Å². The zero-order valence-electron chi connectivity index (χ0n) is 5.52. The molecule has 0 aromatic rings. The summed E-state index contributed by atoms with van der Waals surface area (Å²) in [5, 5.41) is 0. The Morgan fingerprint density at radius 3 is 2.38 bits per heavy atom. The van der Waals surface area contributed by atoms with Crippen molar-refractivity contribution in [1.82, 2.24) is 0 Å². The van der Waals surface area contributed by atoms with Gasteiger partial charge in [0.25, 0.3) is 0 Å². The minimum absolute atomic E-state index is 0.764. The van der Waals surface area contributed by atoms with Crippen LogP contribution in [0.2, 0.25) is 0 Å². The Bertz CT molecular complexity index is 125. The molecule has 0 heteroatoms. The summed E-state index contributed by atoms with van der Waals surface area (Å²) in [7, 11) is 0. The molecule has 8 heavy (non-hydrogen) atoms. The Morgan fingerprint density at radius 1 is 1.62 bits per heavy atom. The molecule has 0 N–H and O–H groups in total. The van der Waals surface area contributed by atoms with E-state index in [-0.39, 0.29) is 0 Å². The van der Waals surface area contributed by atoms with Crippen molar-refractivity contribution in [2.24, 2.45) is 5.92 Å². The van der Waals surface area contributed by atoms with E-state index in [9.17, 15) is 0 Å². The van der Waals surface area contributed by atoms with Crippen LogP contribution in [0.25, 0.3) is 0 Å². The standard InChI is InChI=1S/C8H12/c1-7(2)6-8-4-3-5-8/h3-4,6,8H,5H2,1-2H3. The zero-order valence-corrected chi connectivity index (χ0v) is 5.52. The van der Waals surface area contributed by atoms with Gasteiger partial charge in [-0.25, -0.2) is 0 Å². The van der Waals surface area contributed by atoms with Gasteiger partial charge >= 0.3 is 0 Å². The molecule has 0 heterocycles. The molecule has 1 atom stereocenters. The van der Waals surface area contributed by atoms with E-state index in [1.165, 1.54) is 12.0 Å². The minimum Gasteiger partial charge on any atom is -0.0870 e. The van der Waals surface area contributed by atoms with E-state index < -0.39 is 0 Å². The van der Waals surface area contributed by atoms with Crippen LogP contribution in [0.15, 0.2) is 23.8 Å². The van der Waals surface area contributed by atoms with E-state index in [1.807, 2.05) is 0 Å². The topological polar surface area (TPSA) is 0 Å².